The van der Waals surface area contributed by atoms with Crippen molar-refractivity contribution in [2.24, 2.45) is 0 Å². The van der Waals surface area contributed by atoms with Crippen molar-refractivity contribution in [1.29, 1.82) is 5.41 Å². The molecule has 4 N–H and O–H groups in total. The highest BCUT2D eigenvalue weighted by Gasteiger charge is 2.00. The molecular formula is C6H10N4OS. The van der Waals surface area contributed by atoms with E-state index in [0.717, 1.165) is 0 Å². The number of anilines is 1. The molecule has 0 saturated heterocycles. The monoisotopic (exact) mass is 186 g/mol. The molecule has 0 saturated carbocycles. The summed E-state index contributed by atoms with van der Waals surface area (Å²) in [6, 6.07) is 1.52. The Morgan fingerprint density at radius 1 is 1.75 bits per heavy atom. The summed E-state index contributed by atoms with van der Waals surface area (Å²) < 4.78 is 0.530. The van der Waals surface area contributed by atoms with Crippen molar-refractivity contribution in [3.63, 3.8) is 0 Å². The number of hydrogen-bond donors (Lipinski definition) is 4. The van der Waals surface area contributed by atoms with E-state index in [1.54, 1.807) is 0 Å². The van der Waals surface area contributed by atoms with Gasteiger partial charge in [-0.1, -0.05) is 0 Å². The quantitative estimate of drug-likeness (QED) is 0.376. The number of thiol groups is 1. The van der Waals surface area contributed by atoms with Gasteiger partial charge in [0.1, 0.15) is 5.82 Å². The van der Waals surface area contributed by atoms with Crippen LogP contribution in [0.2, 0.25) is 0 Å². The Hall–Kier alpha value is -1.17. The fraction of sp³-hybridized carbons (Fsp3) is 0.333. The summed E-state index contributed by atoms with van der Waals surface area (Å²) in [5.41, 5.74) is 5.79. The number of hydrogen-bond acceptors (Lipinski definition) is 5. The number of nitrogens with one attached hydrogen (secondary N) is 1. The van der Waals surface area contributed by atoms with Crippen LogP contribution in [0.4, 0.5) is 5.82 Å². The highest BCUT2D eigenvalue weighted by atomic mass is 32.1. The van der Waals surface area contributed by atoms with Gasteiger partial charge in [0.2, 0.25) is 0 Å². The van der Waals surface area contributed by atoms with Crippen LogP contribution in [0.3, 0.4) is 0 Å². The lowest BCUT2D eigenvalue weighted by Gasteiger charge is -2.03. The maximum atomic E-state index is 9.02. The van der Waals surface area contributed by atoms with Crippen molar-refractivity contribution in [2.75, 3.05) is 11.5 Å². The minimum Gasteiger partial charge on any atom is -0.423 e. The Balaban J connectivity index is 3.13. The second-order valence-corrected chi connectivity index (χ2v) is 2.73. The molecule has 0 aliphatic carbocycles. The summed E-state index contributed by atoms with van der Waals surface area (Å²) in [5.74, 6) is 0.758. The van der Waals surface area contributed by atoms with Crippen LogP contribution in [0.5, 0.6) is 0 Å². The lowest BCUT2D eigenvalue weighted by atomic mass is 10.3. The molecule has 1 aromatic heterocycles. The third-order valence-corrected chi connectivity index (χ3v) is 1.60. The van der Waals surface area contributed by atoms with Gasteiger partial charge >= 0.3 is 0 Å². The fourth-order valence-corrected chi connectivity index (χ4v) is 1.04. The number of nitrogen functional groups attached to an aromatic ring is 1. The van der Waals surface area contributed by atoms with Gasteiger partial charge < -0.3 is 10.9 Å². The molecule has 0 amide bonds. The van der Waals surface area contributed by atoms with Crippen LogP contribution in [0.1, 0.15) is 5.69 Å². The predicted molar refractivity (Wildman–Crippen MR) is 47.2 cm³/mol. The number of rotatable bonds is 2. The lowest BCUT2D eigenvalue weighted by Crippen LogP contribution is -2.25. The normalized spacial score (nSPS) is 10.1. The largest absolute Gasteiger partial charge is 0.423 e. The first kappa shape index (κ1) is 8.92. The Kier molecular flexibility index (Phi) is 2.59. The van der Waals surface area contributed by atoms with Crippen LogP contribution in [-0.2, 0) is 6.42 Å². The van der Waals surface area contributed by atoms with Gasteiger partial charge in [0.05, 0.1) is 0 Å². The van der Waals surface area contributed by atoms with E-state index in [4.69, 9.17) is 16.4 Å². The zero-order chi connectivity index (χ0) is 9.14. The highest BCUT2D eigenvalue weighted by molar-refractivity contribution is 7.80. The van der Waals surface area contributed by atoms with Gasteiger partial charge in [-0.05, 0) is 12.2 Å². The molecular weight excluding hydrogens is 176 g/mol. The van der Waals surface area contributed by atoms with Crippen LogP contribution in [-0.4, -0.2) is 20.7 Å². The summed E-state index contributed by atoms with van der Waals surface area (Å²) in [6.07, 6.45) is 0.639. The molecule has 0 spiro atoms. The van der Waals surface area contributed by atoms with Crippen LogP contribution in [0, 0.1) is 5.41 Å². The van der Waals surface area contributed by atoms with Crippen LogP contribution in [0.25, 0.3) is 0 Å². The van der Waals surface area contributed by atoms with Crippen LogP contribution < -0.4 is 11.4 Å². The first-order valence-electron chi connectivity index (χ1n) is 3.38. The Bertz CT molecular complexity index is 335. The lowest BCUT2D eigenvalue weighted by molar-refractivity contribution is 0.171. The van der Waals surface area contributed by atoms with Crippen LogP contribution in [0.15, 0.2) is 6.07 Å². The van der Waals surface area contributed by atoms with Crippen molar-refractivity contribution >= 4 is 18.4 Å². The molecule has 1 heterocycles. The number of aryl methyl sites for hydroxylation is 1. The maximum absolute atomic E-state index is 9.02. The van der Waals surface area contributed by atoms with Gasteiger partial charge in [-0.25, -0.2) is 4.98 Å². The van der Waals surface area contributed by atoms with Crippen molar-refractivity contribution in [3.05, 3.63) is 17.4 Å². The number of aromatic nitrogens is 2. The average molecular weight is 186 g/mol. The van der Waals surface area contributed by atoms with E-state index in [0.29, 0.717) is 22.6 Å². The van der Waals surface area contributed by atoms with Crippen molar-refractivity contribution in [3.8, 4) is 0 Å². The van der Waals surface area contributed by atoms with E-state index in [-0.39, 0.29) is 11.4 Å². The van der Waals surface area contributed by atoms with E-state index in [2.05, 4.69) is 17.6 Å². The summed E-state index contributed by atoms with van der Waals surface area (Å²) in [6.45, 7) is 0. The van der Waals surface area contributed by atoms with E-state index < -0.39 is 0 Å². The molecule has 1 rings (SSSR count). The van der Waals surface area contributed by atoms with E-state index in [1.807, 2.05) is 0 Å². The van der Waals surface area contributed by atoms with Gasteiger partial charge in [-0.3, -0.25) is 5.41 Å². The second kappa shape index (κ2) is 3.48. The molecule has 0 radical (unpaired) electrons. The Morgan fingerprint density at radius 3 is 2.92 bits per heavy atom. The smallest absolute Gasteiger partial charge is 0.257 e. The average Bonchev–Trinajstić information content (AvgIpc) is 2.01. The number of nitrogens with zero attached hydrogens (tertiary/aromatic N) is 2. The molecule has 0 aliphatic rings. The maximum Gasteiger partial charge on any atom is 0.257 e. The predicted octanol–water partition coefficient (Wildman–Crippen LogP) is -0.346. The Morgan fingerprint density at radius 2 is 2.42 bits per heavy atom. The van der Waals surface area contributed by atoms with Gasteiger partial charge in [0.25, 0.3) is 5.62 Å². The Labute approximate surface area is 74.7 Å². The first-order valence-corrected chi connectivity index (χ1v) is 4.01. The molecule has 0 bridgehead atoms. The molecule has 0 aromatic carbocycles. The van der Waals surface area contributed by atoms with Gasteiger partial charge in [0, 0.05) is 11.8 Å². The standard InChI is InChI=1S/C6H10N4OS/c7-5-3-4(1-2-12)9-6(8)10(5)11/h3,8,11-12H,1-2,7H2. The molecule has 0 unspecified atom stereocenters. The van der Waals surface area contributed by atoms with Crippen molar-refractivity contribution in [2.45, 2.75) is 6.42 Å². The second-order valence-electron chi connectivity index (χ2n) is 2.28. The van der Waals surface area contributed by atoms with Crippen molar-refractivity contribution in [1.82, 2.24) is 9.71 Å². The molecule has 5 nitrogen and oxygen atoms in total. The summed E-state index contributed by atoms with van der Waals surface area (Å²) in [4.78, 5) is 3.77. The molecule has 0 aliphatic heterocycles. The number of nitrogens with two attached hydrogens (primary N) is 1. The topological polar surface area (TPSA) is 87.9 Å². The van der Waals surface area contributed by atoms with E-state index in [1.165, 1.54) is 6.07 Å². The van der Waals surface area contributed by atoms with Crippen molar-refractivity contribution < 1.29 is 5.21 Å². The molecule has 1 aromatic rings. The summed E-state index contributed by atoms with van der Waals surface area (Å²) >= 11 is 4.01. The molecule has 0 atom stereocenters. The molecule has 12 heavy (non-hydrogen) atoms. The zero-order valence-corrected chi connectivity index (χ0v) is 7.25. The third kappa shape index (κ3) is 1.70. The fourth-order valence-electron chi connectivity index (χ4n) is 0.812. The van der Waals surface area contributed by atoms with Crippen LogP contribution >= 0.6 is 12.6 Å². The molecule has 6 heteroatoms. The van der Waals surface area contributed by atoms with E-state index >= 15 is 0 Å². The molecule has 66 valence electrons. The minimum absolute atomic E-state index is 0.117. The highest BCUT2D eigenvalue weighted by Crippen LogP contribution is 2.00. The molecule has 0 fully saturated rings. The summed E-state index contributed by atoms with van der Waals surface area (Å²) in [7, 11) is 0. The van der Waals surface area contributed by atoms with Gasteiger partial charge in [-0.2, -0.15) is 12.6 Å². The third-order valence-electron chi connectivity index (χ3n) is 1.38. The van der Waals surface area contributed by atoms with E-state index in [9.17, 15) is 0 Å². The van der Waals surface area contributed by atoms with Gasteiger partial charge in [0.15, 0.2) is 0 Å². The minimum atomic E-state index is -0.258. The summed E-state index contributed by atoms with van der Waals surface area (Å²) in [5, 5.41) is 16.2. The zero-order valence-electron chi connectivity index (χ0n) is 6.36. The SMILES string of the molecule is N=c1nc(CCS)cc(N)n1O. The first-order chi connectivity index (χ1) is 5.65. The van der Waals surface area contributed by atoms with Gasteiger partial charge in [-0.15, -0.1) is 4.73 Å².